The van der Waals surface area contributed by atoms with Crippen molar-refractivity contribution in [3.8, 4) is 27.4 Å². The van der Waals surface area contributed by atoms with Crippen LogP contribution in [0.15, 0.2) is 66.7 Å². The van der Waals surface area contributed by atoms with Crippen molar-refractivity contribution in [2.45, 2.75) is 38.3 Å². The van der Waals surface area contributed by atoms with Crippen molar-refractivity contribution in [3.05, 3.63) is 89.0 Å². The second-order valence-corrected chi connectivity index (χ2v) is 10.9. The minimum atomic E-state index is -4.77. The number of fused-ring (bicyclic) bond motifs is 1. The first-order valence-electron chi connectivity index (χ1n) is 13.5. The summed E-state index contributed by atoms with van der Waals surface area (Å²) in [6.45, 7) is 0.129. The fourth-order valence-electron chi connectivity index (χ4n) is 4.78. The molecule has 3 aromatic carbocycles. The van der Waals surface area contributed by atoms with E-state index in [1.165, 1.54) is 34.6 Å². The van der Waals surface area contributed by atoms with Crippen molar-refractivity contribution in [1.29, 1.82) is 0 Å². The molecule has 0 saturated carbocycles. The number of benzene rings is 3. The van der Waals surface area contributed by atoms with E-state index >= 15 is 0 Å². The molecule has 0 aliphatic heterocycles. The molecular weight excluding hydrogens is 583 g/mol. The van der Waals surface area contributed by atoms with Crippen LogP contribution in [0.3, 0.4) is 0 Å². The van der Waals surface area contributed by atoms with E-state index in [0.29, 0.717) is 28.5 Å². The number of aliphatic hydroxyl groups is 1. The van der Waals surface area contributed by atoms with E-state index in [1.807, 2.05) is 0 Å². The molecule has 1 aliphatic rings. The second-order valence-electron chi connectivity index (χ2n) is 9.91. The lowest BCUT2D eigenvalue weighted by Gasteiger charge is -2.10. The van der Waals surface area contributed by atoms with E-state index in [4.69, 9.17) is 4.98 Å². The molecule has 8 nitrogen and oxygen atoms in total. The van der Waals surface area contributed by atoms with Gasteiger partial charge in [0.15, 0.2) is 11.2 Å². The van der Waals surface area contributed by atoms with Crippen LogP contribution in [0.2, 0.25) is 0 Å². The largest absolute Gasteiger partial charge is 0.573 e. The van der Waals surface area contributed by atoms with E-state index < -0.39 is 24.3 Å². The van der Waals surface area contributed by atoms with Crippen LogP contribution in [0.25, 0.3) is 21.7 Å². The molecular formula is C31H28F3N3O5S. The predicted molar refractivity (Wildman–Crippen MR) is 156 cm³/mol. The van der Waals surface area contributed by atoms with E-state index in [0.717, 1.165) is 42.4 Å². The van der Waals surface area contributed by atoms with Crippen LogP contribution in [0.1, 0.15) is 33.5 Å². The topological polar surface area (TPSA) is 110 Å². The number of nitrogens with zero attached hydrogens (tertiary/aromatic N) is 1. The number of rotatable bonds is 10. The van der Waals surface area contributed by atoms with Crippen molar-refractivity contribution < 1.29 is 37.3 Å². The summed E-state index contributed by atoms with van der Waals surface area (Å²) in [5.41, 5.74) is 6.14. The summed E-state index contributed by atoms with van der Waals surface area (Å²) in [6.07, 6.45) is -3.06. The molecule has 0 fully saturated rings. The number of hydrogen-bond acceptors (Lipinski definition) is 8. The third kappa shape index (κ3) is 7.51. The number of carbonyl (C=O) groups is 2. The molecule has 1 heterocycles. The molecule has 0 saturated heterocycles. The van der Waals surface area contributed by atoms with Gasteiger partial charge in [-0.2, -0.15) is 0 Å². The standard InChI is InChI=1S/C31H28F3N3O5S/c1-41-29(40)25(38)17-35-28(39)21-7-5-18(6-8-21)16-36-30-37-26(20-11-13-24(14-12-20)42-31(32,33)34)27(43-30)23-10-9-19-3-2-4-22(19)15-23/h5-15,25,38H,2-4,16-17H2,1H3,(H,35,39)(H,36,37)/t25-/m1/s1. The minimum Gasteiger partial charge on any atom is -0.467 e. The fraction of sp³-hybridized carbons (Fsp3) is 0.258. The van der Waals surface area contributed by atoms with Crippen LogP contribution < -0.4 is 15.4 Å². The summed E-state index contributed by atoms with van der Waals surface area (Å²) in [4.78, 5) is 29.4. The molecule has 0 unspecified atom stereocenters. The number of nitrogens with one attached hydrogen (secondary N) is 2. The number of hydrogen-bond donors (Lipinski definition) is 3. The first-order chi connectivity index (χ1) is 20.6. The molecule has 1 aromatic heterocycles. The lowest BCUT2D eigenvalue weighted by molar-refractivity contribution is -0.274. The molecule has 0 bridgehead atoms. The highest BCUT2D eigenvalue weighted by Gasteiger charge is 2.31. The van der Waals surface area contributed by atoms with Crippen molar-refractivity contribution in [3.63, 3.8) is 0 Å². The summed E-state index contributed by atoms with van der Waals surface area (Å²) < 4.78 is 46.5. The monoisotopic (exact) mass is 611 g/mol. The number of alkyl halides is 3. The summed E-state index contributed by atoms with van der Waals surface area (Å²) in [5.74, 6) is -1.59. The quantitative estimate of drug-likeness (QED) is 0.196. The minimum absolute atomic E-state index is 0.272. The van der Waals surface area contributed by atoms with Crippen LogP contribution in [-0.4, -0.2) is 48.1 Å². The molecule has 0 spiro atoms. The third-order valence-corrected chi connectivity index (χ3v) is 8.00. The van der Waals surface area contributed by atoms with E-state index in [1.54, 1.807) is 36.4 Å². The zero-order valence-corrected chi connectivity index (χ0v) is 23.8. The number of methoxy groups -OCH3 is 1. The van der Waals surface area contributed by atoms with Gasteiger partial charge in [0, 0.05) is 17.7 Å². The van der Waals surface area contributed by atoms with Gasteiger partial charge in [0.05, 0.1) is 24.2 Å². The van der Waals surface area contributed by atoms with Gasteiger partial charge in [-0.15, -0.1) is 13.2 Å². The third-order valence-electron chi connectivity index (χ3n) is 6.94. The Bertz CT molecular complexity index is 1600. The Morgan fingerprint density at radius 1 is 1.00 bits per heavy atom. The van der Waals surface area contributed by atoms with Crippen molar-refractivity contribution in [1.82, 2.24) is 10.3 Å². The highest BCUT2D eigenvalue weighted by Crippen LogP contribution is 2.41. The van der Waals surface area contributed by atoms with Crippen molar-refractivity contribution >= 4 is 28.3 Å². The van der Waals surface area contributed by atoms with Gasteiger partial charge < -0.3 is 25.2 Å². The van der Waals surface area contributed by atoms with Crippen LogP contribution in [0.4, 0.5) is 18.3 Å². The van der Waals surface area contributed by atoms with Crippen molar-refractivity contribution in [2.24, 2.45) is 0 Å². The fourth-order valence-corrected chi connectivity index (χ4v) is 5.76. The maximum absolute atomic E-state index is 12.7. The average molecular weight is 612 g/mol. The number of aromatic nitrogens is 1. The van der Waals surface area contributed by atoms with Gasteiger partial charge in [-0.1, -0.05) is 35.6 Å². The smallest absolute Gasteiger partial charge is 0.467 e. The molecule has 3 N–H and O–H groups in total. The number of thiazole rings is 1. The molecule has 5 rings (SSSR count). The van der Waals surface area contributed by atoms with Gasteiger partial charge in [0.2, 0.25) is 0 Å². The maximum Gasteiger partial charge on any atom is 0.573 e. The van der Waals surface area contributed by atoms with Crippen LogP contribution in [0.5, 0.6) is 5.75 Å². The Kier molecular flexibility index (Phi) is 8.97. The van der Waals surface area contributed by atoms with Crippen molar-refractivity contribution in [2.75, 3.05) is 19.0 Å². The number of ether oxygens (including phenoxy) is 2. The highest BCUT2D eigenvalue weighted by atomic mass is 32.1. The molecule has 1 atom stereocenters. The zero-order valence-electron chi connectivity index (χ0n) is 23.0. The van der Waals surface area contributed by atoms with Gasteiger partial charge in [-0.25, -0.2) is 9.78 Å². The molecule has 224 valence electrons. The number of anilines is 1. The Labute approximate surface area is 249 Å². The summed E-state index contributed by atoms with van der Waals surface area (Å²) in [6, 6.07) is 18.8. The Morgan fingerprint density at radius 2 is 1.70 bits per heavy atom. The molecule has 1 amide bonds. The maximum atomic E-state index is 12.7. The number of amides is 1. The van der Waals surface area contributed by atoms with E-state index in [-0.39, 0.29) is 12.3 Å². The zero-order chi connectivity index (χ0) is 30.6. The van der Waals surface area contributed by atoms with E-state index in [2.05, 4.69) is 38.3 Å². The number of aliphatic hydroxyl groups excluding tert-OH is 1. The van der Waals surface area contributed by atoms with Gasteiger partial charge in [0.1, 0.15) is 5.75 Å². The normalized spacial score (nSPS) is 13.2. The number of halogens is 3. The highest BCUT2D eigenvalue weighted by molar-refractivity contribution is 7.19. The SMILES string of the molecule is COC(=O)[C@H](O)CNC(=O)c1ccc(CNc2nc(-c3ccc(OC(F)(F)F)cc3)c(-c3ccc4c(c3)CCC4)s2)cc1. The number of esters is 1. The van der Waals surface area contributed by atoms with Crippen LogP contribution in [0, 0.1) is 0 Å². The molecule has 1 aliphatic carbocycles. The average Bonchev–Trinajstić information content (AvgIpc) is 3.65. The first kappa shape index (κ1) is 30.1. The summed E-state index contributed by atoms with van der Waals surface area (Å²) in [5, 5.41) is 16.1. The Hall–Kier alpha value is -4.42. The van der Waals surface area contributed by atoms with Gasteiger partial charge >= 0.3 is 12.3 Å². The second kappa shape index (κ2) is 12.8. The summed E-state index contributed by atoms with van der Waals surface area (Å²) in [7, 11) is 1.15. The molecule has 4 aromatic rings. The lowest BCUT2D eigenvalue weighted by Crippen LogP contribution is -2.37. The Balaban J connectivity index is 1.32. The van der Waals surface area contributed by atoms with Gasteiger partial charge in [0.25, 0.3) is 5.91 Å². The van der Waals surface area contributed by atoms with Gasteiger partial charge in [-0.3, -0.25) is 4.79 Å². The van der Waals surface area contributed by atoms with E-state index in [9.17, 15) is 27.9 Å². The molecule has 0 radical (unpaired) electrons. The van der Waals surface area contributed by atoms with Crippen LogP contribution >= 0.6 is 11.3 Å². The number of carbonyl (C=O) groups excluding carboxylic acids is 2. The first-order valence-corrected chi connectivity index (χ1v) is 14.3. The number of aryl methyl sites for hydroxylation is 2. The lowest BCUT2D eigenvalue weighted by atomic mass is 10.0. The predicted octanol–water partition coefficient (Wildman–Crippen LogP) is 5.74. The van der Waals surface area contributed by atoms with Gasteiger partial charge in [-0.05, 0) is 84.0 Å². The van der Waals surface area contributed by atoms with Crippen LogP contribution in [-0.2, 0) is 28.9 Å². The summed E-state index contributed by atoms with van der Waals surface area (Å²) >= 11 is 1.45. The Morgan fingerprint density at radius 3 is 2.40 bits per heavy atom. The molecule has 12 heteroatoms. The molecule has 43 heavy (non-hydrogen) atoms.